The van der Waals surface area contributed by atoms with Crippen molar-refractivity contribution in [3.05, 3.63) is 64.7 Å². The van der Waals surface area contributed by atoms with Crippen LogP contribution in [0.2, 0.25) is 5.02 Å². The number of alkyl halides is 3. The summed E-state index contributed by atoms with van der Waals surface area (Å²) >= 11 is 5.54. The minimum absolute atomic E-state index is 0.195. The van der Waals surface area contributed by atoms with Crippen molar-refractivity contribution in [3.8, 4) is 0 Å². The summed E-state index contributed by atoms with van der Waals surface area (Å²) in [5, 5.41) is -0.277. The number of nitrogens with two attached hydrogens (primary N) is 1. The van der Waals surface area contributed by atoms with E-state index in [0.29, 0.717) is 6.07 Å². The molecule has 0 heterocycles. The monoisotopic (exact) mass is 392 g/mol. The van der Waals surface area contributed by atoms with Crippen molar-refractivity contribution < 1.29 is 26.4 Å². The summed E-state index contributed by atoms with van der Waals surface area (Å²) in [5.74, 6) is -1.06. The fourth-order valence-corrected chi connectivity index (χ4v) is 3.69. The van der Waals surface area contributed by atoms with Crippen LogP contribution in [0.25, 0.3) is 0 Å². The lowest BCUT2D eigenvalue weighted by molar-refractivity contribution is -0.139. The zero-order valence-corrected chi connectivity index (χ0v) is 14.0. The molecule has 0 aromatic heterocycles. The summed E-state index contributed by atoms with van der Waals surface area (Å²) in [5.41, 5.74) is 3.95. The second kappa shape index (κ2) is 7.03. The first-order valence-electron chi connectivity index (χ1n) is 6.76. The highest BCUT2D eigenvalue weighted by Crippen LogP contribution is 2.36. The van der Waals surface area contributed by atoms with E-state index in [0.717, 1.165) is 12.1 Å². The Morgan fingerprint density at radius 3 is 2.24 bits per heavy atom. The molecule has 0 radical (unpaired) electrons. The molecule has 1 atom stereocenters. The number of carbonyl (C=O) groups excluding carboxylic acids is 1. The normalized spacial score (nSPS) is 13.4. The zero-order chi connectivity index (χ0) is 18.8. The maximum Gasteiger partial charge on any atom is 0.417 e. The summed E-state index contributed by atoms with van der Waals surface area (Å²) in [6.45, 7) is 0. The third-order valence-electron chi connectivity index (χ3n) is 3.23. The first-order chi connectivity index (χ1) is 11.5. The summed E-state index contributed by atoms with van der Waals surface area (Å²) in [6, 6.07) is 8.22. The van der Waals surface area contributed by atoms with Gasteiger partial charge in [0.05, 0.1) is 10.5 Å². The Morgan fingerprint density at radius 2 is 1.72 bits per heavy atom. The van der Waals surface area contributed by atoms with Gasteiger partial charge in [0.15, 0.2) is 0 Å². The van der Waals surface area contributed by atoms with Crippen molar-refractivity contribution in [1.29, 1.82) is 0 Å². The third kappa shape index (κ3) is 4.50. The van der Waals surface area contributed by atoms with Gasteiger partial charge in [-0.05, 0) is 23.8 Å². The number of amides is 1. The van der Waals surface area contributed by atoms with Crippen molar-refractivity contribution in [1.82, 2.24) is 4.72 Å². The van der Waals surface area contributed by atoms with Gasteiger partial charge in [-0.15, -0.1) is 0 Å². The number of hydrogen-bond acceptors (Lipinski definition) is 3. The average Bonchev–Trinajstić information content (AvgIpc) is 2.52. The van der Waals surface area contributed by atoms with Crippen LogP contribution in [-0.4, -0.2) is 14.3 Å². The molecular formula is C15H12ClF3N2O3S. The Hall–Kier alpha value is -2.10. The largest absolute Gasteiger partial charge is 0.417 e. The molecule has 25 heavy (non-hydrogen) atoms. The van der Waals surface area contributed by atoms with Crippen molar-refractivity contribution in [2.24, 2.45) is 5.73 Å². The molecule has 0 aliphatic carbocycles. The van der Waals surface area contributed by atoms with Crippen LogP contribution in [-0.2, 0) is 21.0 Å². The minimum Gasteiger partial charge on any atom is -0.368 e. The van der Waals surface area contributed by atoms with Crippen molar-refractivity contribution in [2.75, 3.05) is 0 Å². The molecule has 134 valence electrons. The molecule has 3 N–H and O–H groups in total. The lowest BCUT2D eigenvalue weighted by Gasteiger charge is -2.18. The summed E-state index contributed by atoms with van der Waals surface area (Å²) < 4.78 is 66.2. The van der Waals surface area contributed by atoms with Gasteiger partial charge in [-0.1, -0.05) is 41.9 Å². The highest BCUT2D eigenvalue weighted by molar-refractivity contribution is 7.89. The third-order valence-corrected chi connectivity index (χ3v) is 4.94. The summed E-state index contributed by atoms with van der Waals surface area (Å²) in [7, 11) is -4.71. The number of primary amides is 1. The van der Waals surface area contributed by atoms with Gasteiger partial charge in [0.25, 0.3) is 0 Å². The number of benzene rings is 2. The first kappa shape index (κ1) is 19.2. The predicted molar refractivity (Wildman–Crippen MR) is 85.2 cm³/mol. The van der Waals surface area contributed by atoms with E-state index in [9.17, 15) is 26.4 Å². The van der Waals surface area contributed by atoms with E-state index in [1.807, 2.05) is 4.72 Å². The Kier molecular flexibility index (Phi) is 5.40. The van der Waals surface area contributed by atoms with E-state index < -0.39 is 38.6 Å². The first-order valence-corrected chi connectivity index (χ1v) is 8.62. The van der Waals surface area contributed by atoms with E-state index in [1.54, 1.807) is 6.07 Å². The zero-order valence-electron chi connectivity index (χ0n) is 12.4. The van der Waals surface area contributed by atoms with Crippen molar-refractivity contribution >= 4 is 27.5 Å². The molecule has 1 unspecified atom stereocenters. The smallest absolute Gasteiger partial charge is 0.368 e. The molecule has 0 bridgehead atoms. The Labute approximate surface area is 146 Å². The second-order valence-corrected chi connectivity index (χ2v) is 7.12. The quantitative estimate of drug-likeness (QED) is 0.819. The topological polar surface area (TPSA) is 89.3 Å². The Morgan fingerprint density at radius 1 is 1.12 bits per heavy atom. The van der Waals surface area contributed by atoms with Gasteiger partial charge in [0.2, 0.25) is 15.9 Å². The minimum atomic E-state index is -4.95. The van der Waals surface area contributed by atoms with Crippen LogP contribution in [0.15, 0.2) is 53.4 Å². The number of carbonyl (C=O) groups is 1. The van der Waals surface area contributed by atoms with Crippen LogP contribution in [0.5, 0.6) is 0 Å². The van der Waals surface area contributed by atoms with E-state index in [-0.39, 0.29) is 10.6 Å². The van der Waals surface area contributed by atoms with Crippen LogP contribution >= 0.6 is 11.6 Å². The summed E-state index contributed by atoms with van der Waals surface area (Å²) in [4.78, 5) is 10.5. The Balaban J connectivity index is 2.51. The van der Waals surface area contributed by atoms with E-state index in [1.165, 1.54) is 24.3 Å². The van der Waals surface area contributed by atoms with Crippen LogP contribution in [0.4, 0.5) is 13.2 Å². The number of nitrogens with one attached hydrogen (secondary N) is 1. The fraction of sp³-hybridized carbons (Fsp3) is 0.133. The molecule has 5 nitrogen and oxygen atoms in total. The van der Waals surface area contributed by atoms with Gasteiger partial charge < -0.3 is 5.73 Å². The number of sulfonamides is 1. The number of hydrogen-bond donors (Lipinski definition) is 2. The SMILES string of the molecule is NC(=O)C(NS(=O)(=O)c1ccc(Cl)cc1C(F)(F)F)c1ccccc1. The molecule has 0 aliphatic rings. The lowest BCUT2D eigenvalue weighted by Crippen LogP contribution is -2.38. The van der Waals surface area contributed by atoms with E-state index >= 15 is 0 Å². The summed E-state index contributed by atoms with van der Waals surface area (Å²) in [6.07, 6.45) is -4.95. The molecule has 2 rings (SSSR count). The number of rotatable bonds is 5. The van der Waals surface area contributed by atoms with Gasteiger partial charge >= 0.3 is 6.18 Å². The molecule has 0 saturated heterocycles. The van der Waals surface area contributed by atoms with Crippen LogP contribution < -0.4 is 10.5 Å². The molecular weight excluding hydrogens is 381 g/mol. The Bertz CT molecular complexity index is 887. The second-order valence-electron chi connectivity index (χ2n) is 5.01. The fourth-order valence-electron chi connectivity index (χ4n) is 2.11. The lowest BCUT2D eigenvalue weighted by atomic mass is 10.1. The van der Waals surface area contributed by atoms with Gasteiger partial charge in [-0.3, -0.25) is 4.79 Å². The van der Waals surface area contributed by atoms with Crippen LogP contribution in [0, 0.1) is 0 Å². The molecule has 0 saturated carbocycles. The standard InChI is InChI=1S/C15H12ClF3N2O3S/c16-10-6-7-12(11(8-10)15(17,18)19)25(23,24)21-13(14(20)22)9-4-2-1-3-5-9/h1-8,13,21H,(H2,20,22). The van der Waals surface area contributed by atoms with Crippen molar-refractivity contribution in [3.63, 3.8) is 0 Å². The molecule has 10 heteroatoms. The van der Waals surface area contributed by atoms with E-state index in [2.05, 4.69) is 0 Å². The predicted octanol–water partition coefficient (Wildman–Crippen LogP) is 2.86. The van der Waals surface area contributed by atoms with Crippen LogP contribution in [0.1, 0.15) is 17.2 Å². The number of halogens is 4. The maximum absolute atomic E-state index is 13.1. The molecule has 1 amide bonds. The highest BCUT2D eigenvalue weighted by Gasteiger charge is 2.38. The van der Waals surface area contributed by atoms with E-state index in [4.69, 9.17) is 17.3 Å². The molecule has 2 aromatic carbocycles. The van der Waals surface area contributed by atoms with Gasteiger partial charge in [-0.2, -0.15) is 17.9 Å². The van der Waals surface area contributed by atoms with Gasteiger partial charge in [0.1, 0.15) is 6.04 Å². The maximum atomic E-state index is 13.1. The van der Waals surface area contributed by atoms with Crippen LogP contribution in [0.3, 0.4) is 0 Å². The molecule has 0 spiro atoms. The molecule has 0 aliphatic heterocycles. The molecule has 0 fully saturated rings. The highest BCUT2D eigenvalue weighted by atomic mass is 35.5. The van der Waals surface area contributed by atoms with Crippen molar-refractivity contribution in [2.45, 2.75) is 17.1 Å². The average molecular weight is 393 g/mol. The van der Waals surface area contributed by atoms with Gasteiger partial charge in [0, 0.05) is 5.02 Å². The van der Waals surface area contributed by atoms with Gasteiger partial charge in [-0.25, -0.2) is 8.42 Å². The molecule has 2 aromatic rings.